The van der Waals surface area contributed by atoms with Crippen LogP contribution in [0.4, 0.5) is 0 Å². The topological polar surface area (TPSA) is 0 Å². The molecule has 0 fully saturated rings. The third-order valence-electron chi connectivity index (χ3n) is 4.04. The molecule has 1 aromatic carbocycles. The maximum Gasteiger partial charge on any atom is -0.00938 e. The van der Waals surface area contributed by atoms with E-state index >= 15 is 0 Å². The molecule has 0 saturated carbocycles. The van der Waals surface area contributed by atoms with Crippen LogP contribution in [0.3, 0.4) is 0 Å². The zero-order chi connectivity index (χ0) is 17.6. The lowest BCUT2D eigenvalue weighted by Crippen LogP contribution is -2.03. The number of hydrogen-bond acceptors (Lipinski definition) is 0. The standard InChI is InChI=1S/C22H31P/c1-15(2)9-8-10-20-12-21(16(3)4)14-22(13-20)18(6)11-17(5)19(7)23/h8-9,11-14,17,19H,1,3,10,23H2,2,4-7H3/b9-8-,18-11+. The zero-order valence-electron chi connectivity index (χ0n) is 15.3. The average molecular weight is 326 g/mol. The van der Waals surface area contributed by atoms with E-state index in [4.69, 9.17) is 0 Å². The minimum atomic E-state index is 0.542. The van der Waals surface area contributed by atoms with Gasteiger partial charge in [0.1, 0.15) is 0 Å². The lowest BCUT2D eigenvalue weighted by atomic mass is 9.94. The highest BCUT2D eigenvalue weighted by atomic mass is 31.0. The van der Waals surface area contributed by atoms with Crippen LogP contribution in [0.5, 0.6) is 0 Å². The molecule has 1 heteroatoms. The van der Waals surface area contributed by atoms with Crippen molar-refractivity contribution in [2.75, 3.05) is 0 Å². The molecule has 0 spiro atoms. The van der Waals surface area contributed by atoms with Gasteiger partial charge in [0.15, 0.2) is 0 Å². The van der Waals surface area contributed by atoms with E-state index in [0.717, 1.165) is 17.6 Å². The molecule has 0 aromatic heterocycles. The molecule has 124 valence electrons. The quantitative estimate of drug-likeness (QED) is 0.386. The van der Waals surface area contributed by atoms with E-state index in [9.17, 15) is 0 Å². The van der Waals surface area contributed by atoms with Crippen LogP contribution < -0.4 is 0 Å². The number of rotatable bonds is 7. The average Bonchev–Trinajstić information content (AvgIpc) is 2.46. The smallest absolute Gasteiger partial charge is 0.00938 e. The predicted molar refractivity (Wildman–Crippen MR) is 111 cm³/mol. The van der Waals surface area contributed by atoms with E-state index in [1.54, 1.807) is 0 Å². The summed E-state index contributed by atoms with van der Waals surface area (Å²) in [6.07, 6.45) is 7.54. The molecule has 0 amide bonds. The van der Waals surface area contributed by atoms with Gasteiger partial charge in [-0.3, -0.25) is 0 Å². The Morgan fingerprint density at radius 3 is 2.22 bits per heavy atom. The Balaban J connectivity index is 3.18. The van der Waals surface area contributed by atoms with Crippen LogP contribution in [-0.2, 0) is 6.42 Å². The fourth-order valence-corrected chi connectivity index (χ4v) is 2.43. The van der Waals surface area contributed by atoms with Crippen molar-refractivity contribution >= 4 is 20.4 Å². The number of hydrogen-bond donors (Lipinski definition) is 0. The molecule has 0 bridgehead atoms. The second-order valence-electron chi connectivity index (χ2n) is 6.72. The first-order chi connectivity index (χ1) is 10.7. The fraction of sp³-hybridized carbons (Fsp3) is 0.364. The van der Waals surface area contributed by atoms with Crippen LogP contribution in [0.2, 0.25) is 0 Å². The predicted octanol–water partition coefficient (Wildman–Crippen LogP) is 6.70. The van der Waals surface area contributed by atoms with Crippen molar-refractivity contribution in [1.29, 1.82) is 0 Å². The van der Waals surface area contributed by atoms with E-state index in [0.29, 0.717) is 11.6 Å². The van der Waals surface area contributed by atoms with Gasteiger partial charge >= 0.3 is 0 Å². The molecular formula is C22H31P. The van der Waals surface area contributed by atoms with Gasteiger partial charge in [-0.05, 0) is 67.1 Å². The Labute approximate surface area is 145 Å². The van der Waals surface area contributed by atoms with Crippen molar-refractivity contribution in [3.05, 3.63) is 71.8 Å². The van der Waals surface area contributed by atoms with E-state index in [1.807, 2.05) is 6.92 Å². The van der Waals surface area contributed by atoms with Crippen molar-refractivity contribution < 1.29 is 0 Å². The fourth-order valence-electron chi connectivity index (χ4n) is 2.32. The third-order valence-corrected chi connectivity index (χ3v) is 4.65. The van der Waals surface area contributed by atoms with Gasteiger partial charge in [0.2, 0.25) is 0 Å². The van der Waals surface area contributed by atoms with Crippen LogP contribution >= 0.6 is 9.24 Å². The molecule has 1 rings (SSSR count). The summed E-state index contributed by atoms with van der Waals surface area (Å²) in [5, 5.41) is 0. The zero-order valence-corrected chi connectivity index (χ0v) is 16.5. The van der Waals surface area contributed by atoms with Gasteiger partial charge in [0.25, 0.3) is 0 Å². The Morgan fingerprint density at radius 2 is 1.70 bits per heavy atom. The molecule has 0 N–H and O–H groups in total. The van der Waals surface area contributed by atoms with Crippen LogP contribution in [0, 0.1) is 5.92 Å². The molecule has 3 unspecified atom stereocenters. The highest BCUT2D eigenvalue weighted by Gasteiger charge is 2.07. The number of benzene rings is 1. The highest BCUT2D eigenvalue weighted by Crippen LogP contribution is 2.25. The van der Waals surface area contributed by atoms with Crippen molar-refractivity contribution in [1.82, 2.24) is 0 Å². The molecule has 0 radical (unpaired) electrons. The van der Waals surface area contributed by atoms with E-state index in [1.165, 1.54) is 22.3 Å². The summed E-state index contributed by atoms with van der Waals surface area (Å²) < 4.78 is 0. The van der Waals surface area contributed by atoms with Gasteiger partial charge in [0, 0.05) is 0 Å². The van der Waals surface area contributed by atoms with Crippen molar-refractivity contribution in [2.24, 2.45) is 5.92 Å². The van der Waals surface area contributed by atoms with Gasteiger partial charge in [0.05, 0.1) is 0 Å². The third kappa shape index (κ3) is 6.71. The Hall–Kier alpha value is -1.39. The molecular weight excluding hydrogens is 295 g/mol. The molecule has 23 heavy (non-hydrogen) atoms. The van der Waals surface area contributed by atoms with Crippen LogP contribution in [0.1, 0.15) is 51.3 Å². The lowest BCUT2D eigenvalue weighted by Gasteiger charge is -2.14. The molecule has 0 heterocycles. The normalized spacial score (nSPS) is 14.8. The highest BCUT2D eigenvalue weighted by molar-refractivity contribution is 7.17. The summed E-state index contributed by atoms with van der Waals surface area (Å²) in [4.78, 5) is 0. The van der Waals surface area contributed by atoms with Crippen LogP contribution in [0.15, 0.2) is 55.2 Å². The van der Waals surface area contributed by atoms with Gasteiger partial charge in [-0.1, -0.05) is 68.5 Å². The molecule has 0 saturated heterocycles. The minimum Gasteiger partial charge on any atom is -0.134 e. The number of allylic oxidation sites excluding steroid dienone is 6. The van der Waals surface area contributed by atoms with Crippen molar-refractivity contribution in [3.63, 3.8) is 0 Å². The van der Waals surface area contributed by atoms with Crippen molar-refractivity contribution in [2.45, 2.75) is 46.7 Å². The molecule has 0 aliphatic heterocycles. The van der Waals surface area contributed by atoms with Gasteiger partial charge in [-0.25, -0.2) is 0 Å². The summed E-state index contributed by atoms with van der Waals surface area (Å²) in [6, 6.07) is 6.78. The summed E-state index contributed by atoms with van der Waals surface area (Å²) in [7, 11) is 2.89. The van der Waals surface area contributed by atoms with Gasteiger partial charge in [-0.15, -0.1) is 9.24 Å². The van der Waals surface area contributed by atoms with Crippen LogP contribution in [-0.4, -0.2) is 5.66 Å². The summed E-state index contributed by atoms with van der Waals surface area (Å²) >= 11 is 0. The maximum atomic E-state index is 4.11. The largest absolute Gasteiger partial charge is 0.134 e. The summed E-state index contributed by atoms with van der Waals surface area (Å²) in [5.74, 6) is 0.542. The molecule has 1 aromatic rings. The van der Waals surface area contributed by atoms with Gasteiger partial charge < -0.3 is 0 Å². The molecule has 3 atom stereocenters. The minimum absolute atomic E-state index is 0.542. The Morgan fingerprint density at radius 1 is 1.09 bits per heavy atom. The van der Waals surface area contributed by atoms with E-state index in [-0.39, 0.29) is 0 Å². The first-order valence-corrected chi connectivity index (χ1v) is 8.93. The van der Waals surface area contributed by atoms with E-state index in [2.05, 4.69) is 86.5 Å². The first kappa shape index (κ1) is 19.7. The lowest BCUT2D eigenvalue weighted by molar-refractivity contribution is 0.717. The summed E-state index contributed by atoms with van der Waals surface area (Å²) in [6.45, 7) is 18.8. The SMILES string of the molecule is C=C(C)/C=C\Cc1cc(C(=C)C)cc(/C(C)=C/C(C)C(C)P)c1. The van der Waals surface area contributed by atoms with E-state index < -0.39 is 0 Å². The monoisotopic (exact) mass is 326 g/mol. The second-order valence-corrected chi connectivity index (χ2v) is 7.77. The molecule has 0 aliphatic rings. The Bertz CT molecular complexity index is 629. The Kier molecular flexibility index (Phi) is 7.73. The van der Waals surface area contributed by atoms with Gasteiger partial charge in [-0.2, -0.15) is 0 Å². The first-order valence-electron chi connectivity index (χ1n) is 8.27. The molecule has 0 aliphatic carbocycles. The maximum absolute atomic E-state index is 4.11. The van der Waals surface area contributed by atoms with Crippen molar-refractivity contribution in [3.8, 4) is 0 Å². The molecule has 0 nitrogen and oxygen atoms in total. The second kappa shape index (κ2) is 9.04. The van der Waals surface area contributed by atoms with Crippen LogP contribution in [0.25, 0.3) is 11.1 Å². The summed E-state index contributed by atoms with van der Waals surface area (Å²) in [5.41, 5.74) is 7.93.